The van der Waals surface area contributed by atoms with Crippen molar-refractivity contribution in [3.63, 3.8) is 0 Å². The van der Waals surface area contributed by atoms with Crippen LogP contribution >= 0.6 is 22.9 Å². The first kappa shape index (κ1) is 14.6. The molecule has 0 spiro atoms. The fourth-order valence-electron chi connectivity index (χ4n) is 2.68. The molecule has 0 fully saturated rings. The van der Waals surface area contributed by atoms with E-state index in [1.807, 2.05) is 37.3 Å². The van der Waals surface area contributed by atoms with Crippen LogP contribution < -0.4 is 10.6 Å². The van der Waals surface area contributed by atoms with Crippen molar-refractivity contribution in [2.45, 2.75) is 25.4 Å². The van der Waals surface area contributed by atoms with Gasteiger partial charge in [0.05, 0.1) is 16.3 Å². The average Bonchev–Trinajstić information content (AvgIpc) is 2.93. The summed E-state index contributed by atoms with van der Waals surface area (Å²) in [5.41, 5.74) is 2.33. The van der Waals surface area contributed by atoms with E-state index in [2.05, 4.69) is 16.7 Å². The predicted octanol–water partition coefficient (Wildman–Crippen LogP) is 3.47. The summed E-state index contributed by atoms with van der Waals surface area (Å²) in [6, 6.07) is 11.9. The summed E-state index contributed by atoms with van der Waals surface area (Å²) in [5, 5.41) is 6.40. The number of benzene rings is 1. The summed E-state index contributed by atoms with van der Waals surface area (Å²) in [4.78, 5) is 13.6. The van der Waals surface area contributed by atoms with Crippen LogP contribution in [0.1, 0.15) is 34.9 Å². The van der Waals surface area contributed by atoms with Gasteiger partial charge in [-0.1, -0.05) is 35.9 Å². The number of carbonyl (C=O) groups excluding carboxylic acids is 1. The first-order valence-electron chi connectivity index (χ1n) is 6.99. The van der Waals surface area contributed by atoms with Gasteiger partial charge in [-0.15, -0.1) is 11.3 Å². The smallest absolute Gasteiger partial charge is 0.229 e. The molecule has 110 valence electrons. The lowest BCUT2D eigenvalue weighted by molar-refractivity contribution is -0.123. The van der Waals surface area contributed by atoms with Crippen molar-refractivity contribution < 1.29 is 4.79 Å². The number of halogens is 1. The number of hydrogen-bond donors (Lipinski definition) is 2. The standard InChI is InChI=1S/C16H17ClN2OS/c1-10(14-6-7-15(17)21-14)19-16(20)13-9-18-8-11-4-2-3-5-12(11)13/h2-7,10,13,18H,8-9H2,1H3,(H,19,20). The van der Waals surface area contributed by atoms with E-state index in [1.165, 1.54) is 16.9 Å². The molecular formula is C16H17ClN2OS. The highest BCUT2D eigenvalue weighted by Crippen LogP contribution is 2.28. The zero-order valence-electron chi connectivity index (χ0n) is 11.7. The molecule has 0 saturated carbocycles. The highest BCUT2D eigenvalue weighted by molar-refractivity contribution is 7.16. The molecule has 2 unspecified atom stereocenters. The fraction of sp³-hybridized carbons (Fsp3) is 0.312. The van der Waals surface area contributed by atoms with Crippen LogP contribution in [0.15, 0.2) is 36.4 Å². The molecule has 2 heterocycles. The van der Waals surface area contributed by atoms with Crippen molar-refractivity contribution in [1.29, 1.82) is 0 Å². The van der Waals surface area contributed by atoms with E-state index < -0.39 is 0 Å². The van der Waals surface area contributed by atoms with E-state index >= 15 is 0 Å². The Kier molecular flexibility index (Phi) is 4.29. The monoisotopic (exact) mass is 320 g/mol. The number of fused-ring (bicyclic) bond motifs is 1. The SMILES string of the molecule is CC(NC(=O)C1CNCc2ccccc21)c1ccc(Cl)s1. The van der Waals surface area contributed by atoms with Gasteiger partial charge >= 0.3 is 0 Å². The summed E-state index contributed by atoms with van der Waals surface area (Å²) in [7, 11) is 0. The Balaban J connectivity index is 1.74. The molecule has 0 saturated heterocycles. The van der Waals surface area contributed by atoms with Crippen LogP contribution in [0.4, 0.5) is 0 Å². The number of carbonyl (C=O) groups is 1. The van der Waals surface area contributed by atoms with Crippen LogP contribution in [0.3, 0.4) is 0 Å². The molecule has 0 aliphatic carbocycles. The third-order valence-corrected chi connectivity index (χ3v) is 5.20. The van der Waals surface area contributed by atoms with Crippen LogP contribution in [0, 0.1) is 0 Å². The molecule has 2 N–H and O–H groups in total. The van der Waals surface area contributed by atoms with Gasteiger partial charge in [0.2, 0.25) is 5.91 Å². The highest BCUT2D eigenvalue weighted by atomic mass is 35.5. The Bertz CT molecular complexity index is 655. The number of hydrogen-bond acceptors (Lipinski definition) is 3. The molecule has 2 atom stereocenters. The van der Waals surface area contributed by atoms with E-state index in [0.717, 1.165) is 21.3 Å². The minimum absolute atomic E-state index is 0.0240. The Morgan fingerprint density at radius 3 is 2.95 bits per heavy atom. The molecule has 0 bridgehead atoms. The Morgan fingerprint density at radius 2 is 2.19 bits per heavy atom. The first-order chi connectivity index (χ1) is 10.1. The maximum Gasteiger partial charge on any atom is 0.229 e. The number of nitrogens with one attached hydrogen (secondary N) is 2. The zero-order chi connectivity index (χ0) is 14.8. The predicted molar refractivity (Wildman–Crippen MR) is 86.8 cm³/mol. The molecule has 1 aliphatic rings. The van der Waals surface area contributed by atoms with E-state index in [-0.39, 0.29) is 17.9 Å². The van der Waals surface area contributed by atoms with Gasteiger partial charge in [-0.2, -0.15) is 0 Å². The van der Waals surface area contributed by atoms with Crippen molar-refractivity contribution in [1.82, 2.24) is 10.6 Å². The van der Waals surface area contributed by atoms with E-state index in [4.69, 9.17) is 11.6 Å². The van der Waals surface area contributed by atoms with Gasteiger partial charge in [0.15, 0.2) is 0 Å². The normalized spacial score (nSPS) is 18.9. The molecule has 21 heavy (non-hydrogen) atoms. The molecule has 2 aromatic rings. The maximum atomic E-state index is 12.6. The molecule has 5 heteroatoms. The van der Waals surface area contributed by atoms with Gasteiger partial charge in [-0.05, 0) is 30.2 Å². The Morgan fingerprint density at radius 1 is 1.38 bits per heavy atom. The van der Waals surface area contributed by atoms with Gasteiger partial charge in [-0.3, -0.25) is 4.79 Å². The lowest BCUT2D eigenvalue weighted by Gasteiger charge is -2.26. The first-order valence-corrected chi connectivity index (χ1v) is 8.18. The summed E-state index contributed by atoms with van der Waals surface area (Å²) >= 11 is 7.46. The van der Waals surface area contributed by atoms with Crippen molar-refractivity contribution in [3.05, 3.63) is 56.7 Å². The quantitative estimate of drug-likeness (QED) is 0.909. The fourth-order valence-corrected chi connectivity index (χ4v) is 3.74. The van der Waals surface area contributed by atoms with Crippen LogP contribution in [0.5, 0.6) is 0 Å². The second-order valence-corrected chi connectivity index (χ2v) is 7.00. The molecule has 1 amide bonds. The topological polar surface area (TPSA) is 41.1 Å². The Labute approximate surface area is 133 Å². The highest BCUT2D eigenvalue weighted by Gasteiger charge is 2.27. The molecule has 1 aliphatic heterocycles. The molecule has 1 aromatic heterocycles. The van der Waals surface area contributed by atoms with Gasteiger partial charge in [-0.25, -0.2) is 0 Å². The summed E-state index contributed by atoms with van der Waals surface area (Å²) in [6.07, 6.45) is 0. The lowest BCUT2D eigenvalue weighted by atomic mass is 9.90. The molecule has 3 rings (SSSR count). The summed E-state index contributed by atoms with van der Waals surface area (Å²) < 4.78 is 0.746. The number of thiophene rings is 1. The average molecular weight is 321 g/mol. The van der Waals surface area contributed by atoms with Gasteiger partial charge in [0.1, 0.15) is 0 Å². The summed E-state index contributed by atoms with van der Waals surface area (Å²) in [5.74, 6) is -0.0699. The maximum absolute atomic E-state index is 12.6. The van der Waals surface area contributed by atoms with Crippen LogP contribution in [-0.2, 0) is 11.3 Å². The zero-order valence-corrected chi connectivity index (χ0v) is 13.3. The van der Waals surface area contributed by atoms with Crippen molar-refractivity contribution in [3.8, 4) is 0 Å². The second-order valence-electron chi connectivity index (χ2n) is 5.25. The number of rotatable bonds is 3. The molecule has 1 aromatic carbocycles. The van der Waals surface area contributed by atoms with Crippen molar-refractivity contribution in [2.75, 3.05) is 6.54 Å². The largest absolute Gasteiger partial charge is 0.348 e. The lowest BCUT2D eigenvalue weighted by Crippen LogP contribution is -2.39. The third-order valence-electron chi connectivity index (χ3n) is 3.79. The third kappa shape index (κ3) is 3.12. The van der Waals surface area contributed by atoms with E-state index in [1.54, 1.807) is 0 Å². The molecule has 3 nitrogen and oxygen atoms in total. The van der Waals surface area contributed by atoms with Crippen molar-refractivity contribution in [2.24, 2.45) is 0 Å². The van der Waals surface area contributed by atoms with E-state index in [0.29, 0.717) is 6.54 Å². The summed E-state index contributed by atoms with van der Waals surface area (Å²) in [6.45, 7) is 3.50. The number of amides is 1. The van der Waals surface area contributed by atoms with Gasteiger partial charge in [0.25, 0.3) is 0 Å². The van der Waals surface area contributed by atoms with Gasteiger partial charge in [0, 0.05) is 18.0 Å². The molecular weight excluding hydrogens is 304 g/mol. The van der Waals surface area contributed by atoms with Gasteiger partial charge < -0.3 is 10.6 Å². The van der Waals surface area contributed by atoms with Crippen LogP contribution in [0.2, 0.25) is 4.34 Å². The van der Waals surface area contributed by atoms with Crippen LogP contribution in [-0.4, -0.2) is 12.5 Å². The van der Waals surface area contributed by atoms with Crippen molar-refractivity contribution >= 4 is 28.8 Å². The molecule has 0 radical (unpaired) electrons. The van der Waals surface area contributed by atoms with Crippen LogP contribution in [0.25, 0.3) is 0 Å². The Hall–Kier alpha value is -1.36. The van der Waals surface area contributed by atoms with E-state index in [9.17, 15) is 4.79 Å². The second kappa shape index (κ2) is 6.18. The minimum atomic E-state index is -0.132. The minimum Gasteiger partial charge on any atom is -0.348 e.